The standard InChI is InChI=1S/C16H13BrClNO/c17-13-8-6-12(7-9-13)16-19-10-14(18)15(20-16)11-4-2-1-3-5-11/h1-9,14-15H,10H2/t14-,15+/m0/s1. The SMILES string of the molecule is Cl[C@H]1CN=C(c2ccc(Br)cc2)O[C@@H]1c1ccccc1. The van der Waals surface area contributed by atoms with E-state index < -0.39 is 0 Å². The van der Waals surface area contributed by atoms with E-state index in [2.05, 4.69) is 20.9 Å². The Morgan fingerprint density at radius 2 is 1.75 bits per heavy atom. The minimum atomic E-state index is -0.158. The second kappa shape index (κ2) is 5.98. The van der Waals surface area contributed by atoms with Crippen LogP contribution in [0.1, 0.15) is 17.2 Å². The number of rotatable bonds is 2. The van der Waals surface area contributed by atoms with E-state index in [1.165, 1.54) is 0 Å². The smallest absolute Gasteiger partial charge is 0.216 e. The molecule has 0 N–H and O–H groups in total. The van der Waals surface area contributed by atoms with Crippen LogP contribution in [0.15, 0.2) is 64.1 Å². The highest BCUT2D eigenvalue weighted by Gasteiger charge is 2.28. The van der Waals surface area contributed by atoms with Gasteiger partial charge in [0.05, 0.1) is 11.9 Å². The number of aliphatic imine (C=N–C) groups is 1. The van der Waals surface area contributed by atoms with Crippen LogP contribution >= 0.6 is 27.5 Å². The highest BCUT2D eigenvalue weighted by molar-refractivity contribution is 9.10. The Bertz CT molecular complexity index is 612. The predicted molar refractivity (Wildman–Crippen MR) is 85.5 cm³/mol. The summed E-state index contributed by atoms with van der Waals surface area (Å²) in [6.07, 6.45) is -0.158. The van der Waals surface area contributed by atoms with E-state index >= 15 is 0 Å². The van der Waals surface area contributed by atoms with Gasteiger partial charge in [-0.15, -0.1) is 11.6 Å². The highest BCUT2D eigenvalue weighted by Crippen LogP contribution is 2.30. The molecule has 1 aliphatic rings. The van der Waals surface area contributed by atoms with Gasteiger partial charge in [0.25, 0.3) is 0 Å². The maximum atomic E-state index is 6.36. The summed E-state index contributed by atoms with van der Waals surface area (Å²) in [4.78, 5) is 4.43. The van der Waals surface area contributed by atoms with E-state index in [0.29, 0.717) is 12.4 Å². The van der Waals surface area contributed by atoms with Crippen molar-refractivity contribution < 1.29 is 4.74 Å². The summed E-state index contributed by atoms with van der Waals surface area (Å²) in [6, 6.07) is 18.0. The molecule has 0 aliphatic carbocycles. The molecule has 0 spiro atoms. The maximum Gasteiger partial charge on any atom is 0.216 e. The highest BCUT2D eigenvalue weighted by atomic mass is 79.9. The van der Waals surface area contributed by atoms with Gasteiger partial charge in [-0.3, -0.25) is 0 Å². The van der Waals surface area contributed by atoms with Gasteiger partial charge in [-0.05, 0) is 29.8 Å². The first-order chi connectivity index (χ1) is 9.74. The molecule has 0 aromatic heterocycles. The third kappa shape index (κ3) is 2.89. The molecule has 0 unspecified atom stereocenters. The molecule has 1 heterocycles. The summed E-state index contributed by atoms with van der Waals surface area (Å²) in [7, 11) is 0. The summed E-state index contributed by atoms with van der Waals surface area (Å²) in [5.74, 6) is 0.656. The molecule has 2 nitrogen and oxygen atoms in total. The number of ether oxygens (including phenoxy) is 1. The van der Waals surface area contributed by atoms with E-state index in [1.54, 1.807) is 0 Å². The third-order valence-corrected chi connectivity index (χ3v) is 4.09. The lowest BCUT2D eigenvalue weighted by Gasteiger charge is -2.28. The summed E-state index contributed by atoms with van der Waals surface area (Å²) in [5, 5.41) is -0.142. The van der Waals surface area contributed by atoms with Crippen molar-refractivity contribution in [3.05, 3.63) is 70.2 Å². The quantitative estimate of drug-likeness (QED) is 0.727. The number of nitrogens with zero attached hydrogens (tertiary/aromatic N) is 1. The Morgan fingerprint density at radius 1 is 1.05 bits per heavy atom. The van der Waals surface area contributed by atoms with Crippen molar-refractivity contribution in [3.8, 4) is 0 Å². The number of benzene rings is 2. The molecule has 3 rings (SSSR count). The van der Waals surface area contributed by atoms with Crippen molar-refractivity contribution in [3.63, 3.8) is 0 Å². The average molecular weight is 351 g/mol. The third-order valence-electron chi connectivity index (χ3n) is 3.20. The average Bonchev–Trinajstić information content (AvgIpc) is 2.50. The van der Waals surface area contributed by atoms with Crippen molar-refractivity contribution >= 4 is 33.4 Å². The number of halogens is 2. The summed E-state index contributed by atoms with van der Waals surface area (Å²) < 4.78 is 7.05. The molecule has 0 radical (unpaired) electrons. The van der Waals surface area contributed by atoms with Crippen molar-refractivity contribution in [2.24, 2.45) is 4.99 Å². The molecule has 4 heteroatoms. The first-order valence-electron chi connectivity index (χ1n) is 6.40. The van der Waals surface area contributed by atoms with Gasteiger partial charge >= 0.3 is 0 Å². The van der Waals surface area contributed by atoms with Gasteiger partial charge in [0.2, 0.25) is 5.90 Å². The van der Waals surface area contributed by atoms with Crippen LogP contribution in [-0.2, 0) is 4.74 Å². The van der Waals surface area contributed by atoms with E-state index in [0.717, 1.165) is 15.6 Å². The van der Waals surface area contributed by atoms with Gasteiger partial charge < -0.3 is 4.74 Å². The normalized spacial score (nSPS) is 22.0. The molecule has 2 atom stereocenters. The van der Waals surface area contributed by atoms with Gasteiger partial charge in [0, 0.05) is 10.0 Å². The van der Waals surface area contributed by atoms with Crippen LogP contribution in [0, 0.1) is 0 Å². The van der Waals surface area contributed by atoms with E-state index in [-0.39, 0.29) is 11.5 Å². The van der Waals surface area contributed by atoms with Crippen LogP contribution in [0.2, 0.25) is 0 Å². The zero-order valence-corrected chi connectivity index (χ0v) is 13.0. The summed E-state index contributed by atoms with van der Waals surface area (Å²) in [5.41, 5.74) is 2.05. The molecular formula is C16H13BrClNO. The molecule has 102 valence electrons. The minimum Gasteiger partial charge on any atom is -0.468 e. The molecule has 0 amide bonds. The van der Waals surface area contributed by atoms with Gasteiger partial charge in [0.15, 0.2) is 0 Å². The van der Waals surface area contributed by atoms with E-state index in [9.17, 15) is 0 Å². The van der Waals surface area contributed by atoms with Crippen molar-refractivity contribution in [1.82, 2.24) is 0 Å². The molecule has 0 fully saturated rings. The number of alkyl halides is 1. The Hall–Kier alpha value is -1.32. The fraction of sp³-hybridized carbons (Fsp3) is 0.188. The van der Waals surface area contributed by atoms with Crippen LogP contribution < -0.4 is 0 Å². The van der Waals surface area contributed by atoms with Crippen LogP contribution in [-0.4, -0.2) is 17.8 Å². The molecular weight excluding hydrogens is 338 g/mol. The topological polar surface area (TPSA) is 21.6 Å². The Balaban J connectivity index is 1.87. The first-order valence-corrected chi connectivity index (χ1v) is 7.63. The molecule has 0 bridgehead atoms. The fourth-order valence-electron chi connectivity index (χ4n) is 2.17. The Morgan fingerprint density at radius 3 is 2.45 bits per heavy atom. The van der Waals surface area contributed by atoms with Crippen LogP contribution in [0.5, 0.6) is 0 Å². The zero-order valence-electron chi connectivity index (χ0n) is 10.7. The largest absolute Gasteiger partial charge is 0.468 e. The molecule has 2 aromatic carbocycles. The van der Waals surface area contributed by atoms with Gasteiger partial charge in [0.1, 0.15) is 6.10 Å². The maximum absolute atomic E-state index is 6.36. The van der Waals surface area contributed by atoms with E-state index in [1.807, 2.05) is 54.6 Å². The molecule has 2 aromatic rings. The molecule has 0 saturated carbocycles. The summed E-state index contributed by atoms with van der Waals surface area (Å²) in [6.45, 7) is 0.562. The monoisotopic (exact) mass is 349 g/mol. The van der Waals surface area contributed by atoms with Gasteiger partial charge in [-0.25, -0.2) is 4.99 Å². The van der Waals surface area contributed by atoms with Crippen LogP contribution in [0.4, 0.5) is 0 Å². The van der Waals surface area contributed by atoms with E-state index in [4.69, 9.17) is 16.3 Å². The molecule has 0 saturated heterocycles. The number of hydrogen-bond acceptors (Lipinski definition) is 2. The fourth-order valence-corrected chi connectivity index (χ4v) is 2.70. The van der Waals surface area contributed by atoms with Crippen molar-refractivity contribution in [1.29, 1.82) is 0 Å². The Labute approximate surface area is 131 Å². The second-order valence-electron chi connectivity index (χ2n) is 4.62. The lowest BCUT2D eigenvalue weighted by molar-refractivity contribution is 0.174. The Kier molecular flexibility index (Phi) is 4.08. The lowest BCUT2D eigenvalue weighted by Crippen LogP contribution is -2.28. The lowest BCUT2D eigenvalue weighted by atomic mass is 10.0. The summed E-state index contributed by atoms with van der Waals surface area (Å²) >= 11 is 9.78. The zero-order chi connectivity index (χ0) is 13.9. The second-order valence-corrected chi connectivity index (χ2v) is 6.09. The number of hydrogen-bond donors (Lipinski definition) is 0. The van der Waals surface area contributed by atoms with Gasteiger partial charge in [-0.2, -0.15) is 0 Å². The van der Waals surface area contributed by atoms with Crippen molar-refractivity contribution in [2.45, 2.75) is 11.5 Å². The first kappa shape index (κ1) is 13.7. The van der Waals surface area contributed by atoms with Gasteiger partial charge in [-0.1, -0.05) is 46.3 Å². The van der Waals surface area contributed by atoms with Crippen LogP contribution in [0.25, 0.3) is 0 Å². The minimum absolute atomic E-state index is 0.142. The van der Waals surface area contributed by atoms with Crippen LogP contribution in [0.3, 0.4) is 0 Å². The molecule has 20 heavy (non-hydrogen) atoms. The van der Waals surface area contributed by atoms with Crippen molar-refractivity contribution in [2.75, 3.05) is 6.54 Å². The predicted octanol–water partition coefficient (Wildman–Crippen LogP) is 4.57. The molecule has 1 aliphatic heterocycles.